The van der Waals surface area contributed by atoms with Crippen LogP contribution in [-0.4, -0.2) is 60.4 Å². The fourth-order valence-electron chi connectivity index (χ4n) is 1.33. The number of quaternary nitrogens is 1. The molecule has 1 heterocycles. The van der Waals surface area contributed by atoms with E-state index >= 15 is 0 Å². The van der Waals surface area contributed by atoms with E-state index in [2.05, 4.69) is 0 Å². The molecule has 1 aliphatic rings. The van der Waals surface area contributed by atoms with Gasteiger partial charge in [-0.2, -0.15) is 0 Å². The number of aliphatic carboxylic acids is 1. The summed E-state index contributed by atoms with van der Waals surface area (Å²) in [5.74, 6) is -1.01. The summed E-state index contributed by atoms with van der Waals surface area (Å²) in [7, 11) is 1.93. The van der Waals surface area contributed by atoms with Gasteiger partial charge in [0, 0.05) is 13.1 Å². The highest BCUT2D eigenvalue weighted by Gasteiger charge is 2.25. The van der Waals surface area contributed by atoms with Crippen molar-refractivity contribution in [1.29, 1.82) is 0 Å². The van der Waals surface area contributed by atoms with Gasteiger partial charge < -0.3 is 15.0 Å². The molecule has 0 aliphatic carbocycles. The Balaban J connectivity index is 2.44. The molecule has 12 heavy (non-hydrogen) atoms. The molecule has 1 saturated heterocycles. The van der Waals surface area contributed by atoms with Crippen molar-refractivity contribution >= 4 is 5.97 Å². The number of nitrogens with zero attached hydrogens (tertiary/aromatic N) is 2. The molecule has 70 valence electrons. The molecule has 0 bridgehead atoms. The predicted octanol–water partition coefficient (Wildman–Crippen LogP) is -0.669. The minimum atomic E-state index is -1.01. The average molecular weight is 174 g/mol. The van der Waals surface area contributed by atoms with Crippen molar-refractivity contribution in [1.82, 2.24) is 4.90 Å². The van der Waals surface area contributed by atoms with Gasteiger partial charge in [0.2, 0.25) is 0 Å². The maximum atomic E-state index is 11.6. The lowest BCUT2D eigenvalue weighted by atomic mass is 10.3. The minimum Gasteiger partial charge on any atom is -0.632 e. The molecule has 0 unspecified atom stereocenters. The Bertz CT molecular complexity index is 175. The van der Waals surface area contributed by atoms with Gasteiger partial charge >= 0.3 is 5.97 Å². The third-order valence-electron chi connectivity index (χ3n) is 2.20. The van der Waals surface area contributed by atoms with Crippen molar-refractivity contribution < 1.29 is 14.5 Å². The Hall–Kier alpha value is -0.650. The van der Waals surface area contributed by atoms with Gasteiger partial charge in [0.15, 0.2) is 6.54 Å². The molecule has 0 aromatic carbocycles. The number of carboxylic acid groups (broad SMARTS) is 1. The molecule has 0 saturated carbocycles. The summed E-state index contributed by atoms with van der Waals surface area (Å²) in [6, 6.07) is 0. The molecule has 1 rings (SSSR count). The lowest BCUT2D eigenvalue weighted by Gasteiger charge is -2.46. The Morgan fingerprint density at radius 1 is 1.58 bits per heavy atom. The van der Waals surface area contributed by atoms with Crippen LogP contribution in [0.4, 0.5) is 0 Å². The molecule has 1 N–H and O–H groups in total. The van der Waals surface area contributed by atoms with E-state index in [0.717, 1.165) is 0 Å². The highest BCUT2D eigenvalue weighted by Crippen LogP contribution is 2.09. The zero-order valence-electron chi connectivity index (χ0n) is 7.19. The largest absolute Gasteiger partial charge is 0.632 e. The summed E-state index contributed by atoms with van der Waals surface area (Å²) in [5.41, 5.74) is 0. The van der Waals surface area contributed by atoms with E-state index < -0.39 is 10.6 Å². The van der Waals surface area contributed by atoms with Gasteiger partial charge in [0.1, 0.15) is 0 Å². The number of likely N-dealkylation sites (N-methyl/N-ethyl adjacent to an activating group) is 1. The molecule has 1 fully saturated rings. The van der Waals surface area contributed by atoms with E-state index in [-0.39, 0.29) is 6.54 Å². The minimum absolute atomic E-state index is 0.298. The van der Waals surface area contributed by atoms with Crippen molar-refractivity contribution in [2.24, 2.45) is 0 Å². The molecule has 0 radical (unpaired) electrons. The second-order valence-electron chi connectivity index (χ2n) is 3.36. The van der Waals surface area contributed by atoms with Crippen LogP contribution in [0.2, 0.25) is 0 Å². The number of hydrogen-bond donors (Lipinski definition) is 1. The topological polar surface area (TPSA) is 63.6 Å². The SMILES string of the molecule is CN1CC[N+]([O-])(CC(=O)O)CC1. The molecule has 0 aromatic heterocycles. The summed E-state index contributed by atoms with van der Waals surface area (Å²) in [4.78, 5) is 12.4. The summed E-state index contributed by atoms with van der Waals surface area (Å²) in [6.07, 6.45) is 0. The van der Waals surface area contributed by atoms with E-state index in [1.165, 1.54) is 0 Å². The van der Waals surface area contributed by atoms with Crippen molar-refractivity contribution in [3.63, 3.8) is 0 Å². The van der Waals surface area contributed by atoms with Crippen LogP contribution < -0.4 is 0 Å². The van der Waals surface area contributed by atoms with Crippen LogP contribution in [0.15, 0.2) is 0 Å². The summed E-state index contributed by atoms with van der Waals surface area (Å²) in [6.45, 7) is 1.87. The van der Waals surface area contributed by atoms with E-state index in [1.807, 2.05) is 11.9 Å². The van der Waals surface area contributed by atoms with Crippen LogP contribution in [-0.2, 0) is 4.79 Å². The smallest absolute Gasteiger partial charge is 0.359 e. The number of carboxylic acids is 1. The van der Waals surface area contributed by atoms with Crippen LogP contribution >= 0.6 is 0 Å². The van der Waals surface area contributed by atoms with Crippen molar-refractivity contribution in [3.05, 3.63) is 5.21 Å². The summed E-state index contributed by atoms with van der Waals surface area (Å²) in [5, 5.41) is 20.1. The van der Waals surface area contributed by atoms with Crippen molar-refractivity contribution in [3.8, 4) is 0 Å². The molecule has 0 atom stereocenters. The Kier molecular flexibility index (Phi) is 2.66. The standard InChI is InChI=1S/C7H14N2O3/c1-8-2-4-9(12,5-3-8)6-7(10)11/h2-6H2,1H3,(H,10,11). The Labute approximate surface area is 71.4 Å². The maximum absolute atomic E-state index is 11.6. The van der Waals surface area contributed by atoms with Gasteiger partial charge in [0.05, 0.1) is 13.1 Å². The molecule has 0 aromatic rings. The third-order valence-corrected chi connectivity index (χ3v) is 2.20. The monoisotopic (exact) mass is 174 g/mol. The van der Waals surface area contributed by atoms with Crippen LogP contribution in [0.25, 0.3) is 0 Å². The number of hydrogen-bond acceptors (Lipinski definition) is 3. The van der Waals surface area contributed by atoms with Crippen LogP contribution in [0, 0.1) is 5.21 Å². The van der Waals surface area contributed by atoms with Crippen molar-refractivity contribution in [2.45, 2.75) is 0 Å². The summed E-state index contributed by atoms with van der Waals surface area (Å²) >= 11 is 0. The van der Waals surface area contributed by atoms with Crippen LogP contribution in [0.1, 0.15) is 0 Å². The lowest BCUT2D eigenvalue weighted by Crippen LogP contribution is -2.56. The van der Waals surface area contributed by atoms with E-state index in [4.69, 9.17) is 5.11 Å². The van der Waals surface area contributed by atoms with E-state index in [0.29, 0.717) is 26.2 Å². The van der Waals surface area contributed by atoms with Gasteiger partial charge in [-0.25, -0.2) is 4.79 Å². The molecule has 0 amide bonds. The molecule has 5 heteroatoms. The molecule has 0 spiro atoms. The molecular weight excluding hydrogens is 160 g/mol. The Morgan fingerprint density at radius 3 is 2.50 bits per heavy atom. The van der Waals surface area contributed by atoms with Gasteiger partial charge in [0.25, 0.3) is 0 Å². The van der Waals surface area contributed by atoms with E-state index in [1.54, 1.807) is 0 Å². The van der Waals surface area contributed by atoms with Gasteiger partial charge in [-0.05, 0) is 7.05 Å². The predicted molar refractivity (Wildman–Crippen MR) is 43.4 cm³/mol. The first-order chi connectivity index (χ1) is 5.52. The highest BCUT2D eigenvalue weighted by atomic mass is 16.6. The first-order valence-electron chi connectivity index (χ1n) is 3.99. The molecule has 5 nitrogen and oxygen atoms in total. The number of carbonyl (C=O) groups is 1. The zero-order valence-corrected chi connectivity index (χ0v) is 7.19. The molecular formula is C7H14N2O3. The van der Waals surface area contributed by atoms with Crippen LogP contribution in [0.5, 0.6) is 0 Å². The third kappa shape index (κ3) is 2.44. The maximum Gasteiger partial charge on any atom is 0.359 e. The van der Waals surface area contributed by atoms with Crippen LogP contribution in [0.3, 0.4) is 0 Å². The summed E-state index contributed by atoms with van der Waals surface area (Å²) < 4.78 is -0.570. The average Bonchev–Trinajstić information content (AvgIpc) is 1.94. The van der Waals surface area contributed by atoms with Gasteiger partial charge in [-0.15, -0.1) is 0 Å². The van der Waals surface area contributed by atoms with Crippen molar-refractivity contribution in [2.75, 3.05) is 39.8 Å². The lowest BCUT2D eigenvalue weighted by molar-refractivity contribution is -0.877. The highest BCUT2D eigenvalue weighted by molar-refractivity contribution is 5.68. The van der Waals surface area contributed by atoms with Gasteiger partial charge in [-0.3, -0.25) is 4.90 Å². The number of hydroxylamine groups is 3. The first-order valence-corrected chi connectivity index (χ1v) is 3.99. The zero-order chi connectivity index (χ0) is 9.19. The first kappa shape index (κ1) is 9.44. The van der Waals surface area contributed by atoms with E-state index in [9.17, 15) is 10.0 Å². The second kappa shape index (κ2) is 3.38. The second-order valence-corrected chi connectivity index (χ2v) is 3.36. The number of piperazine rings is 1. The number of rotatable bonds is 2. The normalized spacial score (nSPS) is 23.8. The quantitative estimate of drug-likeness (QED) is 0.445. The fourth-order valence-corrected chi connectivity index (χ4v) is 1.33. The molecule has 1 aliphatic heterocycles. The Morgan fingerprint density at radius 2 is 2.08 bits per heavy atom. The van der Waals surface area contributed by atoms with Gasteiger partial charge in [-0.1, -0.05) is 0 Å². The fraction of sp³-hybridized carbons (Fsp3) is 0.857.